The Labute approximate surface area is 144 Å². The first-order valence-electron chi connectivity index (χ1n) is 6.02. The minimum Gasteiger partial charge on any atom is -0.478 e. The molecule has 0 aliphatic rings. The predicted octanol–water partition coefficient (Wildman–Crippen LogP) is 4.02. The Balaban J connectivity index is 2.47. The van der Waals surface area contributed by atoms with E-state index in [9.17, 15) is 13.2 Å². The van der Waals surface area contributed by atoms with Crippen molar-refractivity contribution in [3.63, 3.8) is 0 Å². The molecule has 0 unspecified atom stereocenters. The zero-order valence-corrected chi connectivity index (χ0v) is 15.3. The number of aryl methyl sites for hydroxylation is 1. The first-order chi connectivity index (χ1) is 10.2. The molecule has 22 heavy (non-hydrogen) atoms. The topological polar surface area (TPSA) is 83.5 Å². The number of nitrogens with one attached hydrogen (secondary N) is 1. The Kier molecular flexibility index (Phi) is 4.93. The highest BCUT2D eigenvalue weighted by Gasteiger charge is 2.19. The largest absolute Gasteiger partial charge is 0.478 e. The number of carbonyl (C=O) groups is 1. The first-order valence-corrected chi connectivity index (χ1v) is 9.09. The number of benzene rings is 2. The van der Waals surface area contributed by atoms with Gasteiger partial charge in [0.15, 0.2) is 0 Å². The van der Waals surface area contributed by atoms with E-state index in [1.807, 2.05) is 0 Å². The Morgan fingerprint density at radius 2 is 1.82 bits per heavy atom. The average Bonchev–Trinajstić information content (AvgIpc) is 2.43. The SMILES string of the molecule is Cc1ccc(C(=O)O)cc1NS(=O)(=O)c1cc(Br)ccc1Br. The highest BCUT2D eigenvalue weighted by molar-refractivity contribution is 9.11. The zero-order valence-electron chi connectivity index (χ0n) is 11.3. The van der Waals surface area contributed by atoms with Crippen molar-refractivity contribution in [3.05, 3.63) is 56.5 Å². The van der Waals surface area contributed by atoms with Crippen LogP contribution in [0.5, 0.6) is 0 Å². The molecule has 2 aromatic carbocycles. The molecule has 2 rings (SSSR count). The summed E-state index contributed by atoms with van der Waals surface area (Å²) in [6.07, 6.45) is 0. The van der Waals surface area contributed by atoms with Gasteiger partial charge in [0.25, 0.3) is 10.0 Å². The number of aromatic carboxylic acids is 1. The van der Waals surface area contributed by atoms with Crippen molar-refractivity contribution >= 4 is 53.5 Å². The molecule has 0 bridgehead atoms. The quantitative estimate of drug-likeness (QED) is 0.739. The molecular formula is C14H11Br2NO4S. The van der Waals surface area contributed by atoms with Gasteiger partial charge in [-0.25, -0.2) is 13.2 Å². The normalized spacial score (nSPS) is 11.2. The van der Waals surface area contributed by atoms with Crippen LogP contribution in [-0.4, -0.2) is 19.5 Å². The summed E-state index contributed by atoms with van der Waals surface area (Å²) in [6.45, 7) is 1.69. The minimum absolute atomic E-state index is 0.0107. The average molecular weight is 449 g/mol. The van der Waals surface area contributed by atoms with Crippen molar-refractivity contribution in [2.45, 2.75) is 11.8 Å². The first kappa shape index (κ1) is 17.0. The lowest BCUT2D eigenvalue weighted by atomic mass is 10.1. The van der Waals surface area contributed by atoms with Crippen molar-refractivity contribution in [1.29, 1.82) is 0 Å². The van der Waals surface area contributed by atoms with Crippen molar-refractivity contribution < 1.29 is 18.3 Å². The van der Waals surface area contributed by atoms with Gasteiger partial charge in [0.05, 0.1) is 11.3 Å². The Hall–Kier alpha value is -1.38. The van der Waals surface area contributed by atoms with E-state index in [4.69, 9.17) is 5.11 Å². The van der Waals surface area contributed by atoms with Gasteiger partial charge in [-0.1, -0.05) is 22.0 Å². The lowest BCUT2D eigenvalue weighted by molar-refractivity contribution is 0.0697. The molecule has 0 saturated carbocycles. The minimum atomic E-state index is -3.85. The molecule has 0 fully saturated rings. The number of carboxylic acids is 1. The molecule has 5 nitrogen and oxygen atoms in total. The van der Waals surface area contributed by atoms with Crippen LogP contribution in [0.3, 0.4) is 0 Å². The van der Waals surface area contributed by atoms with E-state index in [0.717, 1.165) is 0 Å². The molecule has 0 radical (unpaired) electrons. The van der Waals surface area contributed by atoms with Gasteiger partial charge in [0, 0.05) is 8.95 Å². The molecule has 0 heterocycles. The molecule has 8 heteroatoms. The third-order valence-corrected chi connectivity index (χ3v) is 5.76. The summed E-state index contributed by atoms with van der Waals surface area (Å²) in [6, 6.07) is 9.05. The van der Waals surface area contributed by atoms with Gasteiger partial charge >= 0.3 is 5.97 Å². The van der Waals surface area contributed by atoms with Crippen LogP contribution in [0.1, 0.15) is 15.9 Å². The van der Waals surface area contributed by atoms with Gasteiger partial charge < -0.3 is 5.11 Å². The molecule has 0 amide bonds. The number of halogens is 2. The summed E-state index contributed by atoms with van der Waals surface area (Å²) in [5.41, 5.74) is 0.864. The van der Waals surface area contributed by atoms with E-state index in [0.29, 0.717) is 14.5 Å². The monoisotopic (exact) mass is 447 g/mol. The molecule has 0 aromatic heterocycles. The van der Waals surface area contributed by atoms with Crippen LogP contribution in [-0.2, 0) is 10.0 Å². The van der Waals surface area contributed by atoms with Crippen molar-refractivity contribution in [3.8, 4) is 0 Å². The van der Waals surface area contributed by atoms with Gasteiger partial charge in [0.2, 0.25) is 0 Å². The predicted molar refractivity (Wildman–Crippen MR) is 90.8 cm³/mol. The number of sulfonamides is 1. The Morgan fingerprint density at radius 1 is 1.14 bits per heavy atom. The maximum Gasteiger partial charge on any atom is 0.335 e. The molecule has 0 spiro atoms. The van der Waals surface area contributed by atoms with E-state index in [-0.39, 0.29) is 16.1 Å². The summed E-state index contributed by atoms with van der Waals surface area (Å²) in [7, 11) is -3.85. The number of hydrogen-bond donors (Lipinski definition) is 2. The highest BCUT2D eigenvalue weighted by atomic mass is 79.9. The van der Waals surface area contributed by atoms with Gasteiger partial charge in [0.1, 0.15) is 4.90 Å². The Bertz CT molecular complexity index is 850. The van der Waals surface area contributed by atoms with Crippen LogP contribution in [0.15, 0.2) is 50.2 Å². The van der Waals surface area contributed by atoms with Crippen LogP contribution in [0.2, 0.25) is 0 Å². The fraction of sp³-hybridized carbons (Fsp3) is 0.0714. The van der Waals surface area contributed by atoms with E-state index in [2.05, 4.69) is 36.6 Å². The fourth-order valence-electron chi connectivity index (χ4n) is 1.75. The lowest BCUT2D eigenvalue weighted by Crippen LogP contribution is -2.15. The van der Waals surface area contributed by atoms with Gasteiger partial charge in [-0.2, -0.15) is 0 Å². The summed E-state index contributed by atoms with van der Waals surface area (Å²) in [5.74, 6) is -1.12. The standard InChI is InChI=1S/C14H11Br2NO4S/c1-8-2-3-9(14(18)19)6-12(8)17-22(20,21)13-7-10(15)4-5-11(13)16/h2-7,17H,1H3,(H,18,19). The smallest absolute Gasteiger partial charge is 0.335 e. The molecule has 0 aliphatic heterocycles. The third kappa shape index (κ3) is 3.68. The second kappa shape index (κ2) is 6.39. The molecule has 0 atom stereocenters. The molecular weight excluding hydrogens is 438 g/mol. The van der Waals surface area contributed by atoms with Crippen LogP contribution in [0.4, 0.5) is 5.69 Å². The second-order valence-corrected chi connectivity index (χ2v) is 7.94. The van der Waals surface area contributed by atoms with E-state index >= 15 is 0 Å². The van der Waals surface area contributed by atoms with Crippen molar-refractivity contribution in [2.75, 3.05) is 4.72 Å². The summed E-state index contributed by atoms with van der Waals surface area (Å²) >= 11 is 6.43. The van der Waals surface area contributed by atoms with Gasteiger partial charge in [-0.3, -0.25) is 4.72 Å². The molecule has 0 aliphatic carbocycles. The maximum absolute atomic E-state index is 12.5. The zero-order chi connectivity index (χ0) is 16.5. The molecule has 116 valence electrons. The maximum atomic E-state index is 12.5. The molecule has 2 N–H and O–H groups in total. The van der Waals surface area contributed by atoms with Crippen molar-refractivity contribution in [1.82, 2.24) is 0 Å². The number of hydrogen-bond acceptors (Lipinski definition) is 3. The fourth-order valence-corrected chi connectivity index (χ4v) is 4.37. The van der Waals surface area contributed by atoms with Gasteiger partial charge in [-0.05, 0) is 58.7 Å². The van der Waals surface area contributed by atoms with E-state index in [1.165, 1.54) is 18.2 Å². The Morgan fingerprint density at radius 3 is 2.45 bits per heavy atom. The second-order valence-electron chi connectivity index (χ2n) is 4.52. The number of carboxylic acid groups (broad SMARTS) is 1. The van der Waals surface area contributed by atoms with Crippen molar-refractivity contribution in [2.24, 2.45) is 0 Å². The lowest BCUT2D eigenvalue weighted by Gasteiger charge is -2.12. The van der Waals surface area contributed by atoms with Crippen LogP contribution < -0.4 is 4.72 Å². The van der Waals surface area contributed by atoms with Crippen LogP contribution in [0.25, 0.3) is 0 Å². The third-order valence-electron chi connectivity index (χ3n) is 2.91. The highest BCUT2D eigenvalue weighted by Crippen LogP contribution is 2.28. The molecule has 2 aromatic rings. The summed E-state index contributed by atoms with van der Waals surface area (Å²) < 4.78 is 28.5. The molecule has 0 saturated heterocycles. The summed E-state index contributed by atoms with van der Waals surface area (Å²) in [5, 5.41) is 9.01. The number of rotatable bonds is 4. The van der Waals surface area contributed by atoms with Gasteiger partial charge in [-0.15, -0.1) is 0 Å². The number of anilines is 1. The summed E-state index contributed by atoms with van der Waals surface area (Å²) in [4.78, 5) is 11.1. The van der Waals surface area contributed by atoms with Crippen LogP contribution in [0, 0.1) is 6.92 Å². The van der Waals surface area contributed by atoms with E-state index < -0.39 is 16.0 Å². The van der Waals surface area contributed by atoms with E-state index in [1.54, 1.807) is 25.1 Å². The van der Waals surface area contributed by atoms with Crippen LogP contribution >= 0.6 is 31.9 Å².